The van der Waals surface area contributed by atoms with Crippen molar-refractivity contribution in [1.29, 1.82) is 0 Å². The highest BCUT2D eigenvalue weighted by Gasteiger charge is 2.35. The van der Waals surface area contributed by atoms with Gasteiger partial charge in [-0.3, -0.25) is 9.97 Å². The highest BCUT2D eigenvalue weighted by molar-refractivity contribution is 6.29. The number of pyridine rings is 4. The van der Waals surface area contributed by atoms with E-state index >= 15 is 0 Å². The van der Waals surface area contributed by atoms with Crippen molar-refractivity contribution in [1.82, 2.24) is 19.9 Å². The second-order valence-corrected chi connectivity index (χ2v) is 14.4. The van der Waals surface area contributed by atoms with Gasteiger partial charge in [0, 0.05) is 80.5 Å². The number of hydrogen-bond acceptors (Lipinski definition) is 14. The maximum atomic E-state index is 13.5. The Morgan fingerprint density at radius 3 is 1.58 bits per heavy atom. The van der Waals surface area contributed by atoms with Crippen LogP contribution < -0.4 is 41.0 Å². The molecule has 2 saturated heterocycles. The van der Waals surface area contributed by atoms with E-state index in [9.17, 15) is 26.3 Å². The monoisotopic (exact) mass is 942 g/mol. The molecule has 4 aromatic heterocycles. The van der Waals surface area contributed by atoms with Gasteiger partial charge in [0.25, 0.3) is 0 Å². The summed E-state index contributed by atoms with van der Waals surface area (Å²) in [4.78, 5) is 19.6. The number of nitrogens with zero attached hydrogens (tertiary/aromatic N) is 6. The van der Waals surface area contributed by atoms with Gasteiger partial charge in [0.2, 0.25) is 0 Å². The van der Waals surface area contributed by atoms with E-state index < -0.39 is 23.5 Å². The van der Waals surface area contributed by atoms with Crippen LogP contribution in [0, 0.1) is 0 Å². The fraction of sp³-hybridized carbons (Fsp3) is 0.289. The molecule has 21 heteroatoms. The van der Waals surface area contributed by atoms with Gasteiger partial charge in [0.15, 0.2) is 0 Å². The summed E-state index contributed by atoms with van der Waals surface area (Å²) in [5.74, 6) is 1.53. The lowest BCUT2D eigenvalue weighted by atomic mass is 10.2. The van der Waals surface area contributed by atoms with E-state index in [4.69, 9.17) is 36.3 Å². The van der Waals surface area contributed by atoms with E-state index in [0.717, 1.165) is 68.8 Å². The lowest BCUT2D eigenvalue weighted by Gasteiger charge is -2.29. The normalized spacial score (nSPS) is 13.7. The average Bonchev–Trinajstić information content (AvgIpc) is 3.30. The number of rotatable bonds is 10. The second kappa shape index (κ2) is 23.4. The summed E-state index contributed by atoms with van der Waals surface area (Å²) >= 11 is 5.60. The number of methoxy groups -OCH3 is 2. The second-order valence-electron chi connectivity index (χ2n) is 14.0. The molecule has 8 rings (SSSR count). The molecule has 2 fully saturated rings. The molecule has 2 aliphatic heterocycles. The maximum Gasteiger partial charge on any atom is 0.419 e. The van der Waals surface area contributed by atoms with Crippen molar-refractivity contribution in [3.8, 4) is 11.5 Å². The summed E-state index contributed by atoms with van der Waals surface area (Å²) < 4.78 is 100. The summed E-state index contributed by atoms with van der Waals surface area (Å²) in [7, 11) is 3.17. The Balaban J connectivity index is 0.000000203. The van der Waals surface area contributed by atoms with Crippen LogP contribution >= 0.6 is 11.6 Å². The average molecular weight is 943 g/mol. The molecule has 0 amide bonds. The molecule has 0 unspecified atom stereocenters. The molecule has 0 saturated carbocycles. The number of nitrogen functional groups attached to an aromatic ring is 1. The first-order valence-corrected chi connectivity index (χ1v) is 20.3. The first-order valence-electron chi connectivity index (χ1n) is 19.9. The van der Waals surface area contributed by atoms with Crippen molar-refractivity contribution >= 4 is 62.9 Å². The van der Waals surface area contributed by atoms with E-state index in [-0.39, 0.29) is 29.8 Å². The number of halogens is 7. The Bertz CT molecular complexity index is 2450. The number of hydrogen-bond donors (Lipinski definition) is 4. The fourth-order valence-electron chi connectivity index (χ4n) is 6.45. The molecule has 2 aromatic carbocycles. The quantitative estimate of drug-likeness (QED) is 0.0584. The summed E-state index contributed by atoms with van der Waals surface area (Å²) in [6.45, 7) is 6.29. The zero-order valence-corrected chi connectivity index (χ0v) is 35.8. The summed E-state index contributed by atoms with van der Waals surface area (Å²) in [5.41, 5.74) is 7.97. The zero-order chi connectivity index (χ0) is 46.4. The molecular weight excluding hydrogens is 894 g/mol. The van der Waals surface area contributed by atoms with Crippen LogP contribution in [0.5, 0.6) is 11.5 Å². The van der Waals surface area contributed by atoms with E-state index in [0.29, 0.717) is 47.9 Å². The van der Waals surface area contributed by atoms with Crippen LogP contribution in [0.15, 0.2) is 110 Å². The van der Waals surface area contributed by atoms with Crippen LogP contribution in [-0.2, 0) is 21.8 Å². The third kappa shape index (κ3) is 14.1. The number of morpholine rings is 2. The molecule has 14 nitrogen and oxygen atoms in total. The Hall–Kier alpha value is -6.77. The number of ether oxygens (including phenoxy) is 4. The lowest BCUT2D eigenvalue weighted by molar-refractivity contribution is -0.138. The lowest BCUT2D eigenvalue weighted by Crippen LogP contribution is -2.36. The predicted octanol–water partition coefficient (Wildman–Crippen LogP) is 10.5. The molecule has 6 aromatic rings. The molecule has 0 spiro atoms. The van der Waals surface area contributed by atoms with Gasteiger partial charge in [-0.05, 0) is 54.6 Å². The first-order chi connectivity index (χ1) is 31.2. The van der Waals surface area contributed by atoms with Crippen molar-refractivity contribution in [2.24, 2.45) is 0 Å². The van der Waals surface area contributed by atoms with Crippen molar-refractivity contribution in [2.75, 3.05) is 98.3 Å². The van der Waals surface area contributed by atoms with E-state index in [1.807, 2.05) is 36.4 Å². The van der Waals surface area contributed by atoms with Crippen molar-refractivity contribution in [2.45, 2.75) is 19.8 Å². The van der Waals surface area contributed by atoms with Gasteiger partial charge in [-0.2, -0.15) is 26.3 Å². The number of aromatic nitrogens is 4. The highest BCUT2D eigenvalue weighted by atomic mass is 35.5. The molecule has 352 valence electrons. The maximum absolute atomic E-state index is 13.5. The molecule has 0 aliphatic carbocycles. The number of alkyl halides is 6. The summed E-state index contributed by atoms with van der Waals surface area (Å²) in [6.07, 6.45) is -1.64. The molecule has 0 radical (unpaired) electrons. The largest absolute Gasteiger partial charge is 0.495 e. The van der Waals surface area contributed by atoms with Gasteiger partial charge >= 0.3 is 12.4 Å². The van der Waals surface area contributed by atoms with E-state index in [1.54, 1.807) is 44.7 Å². The number of benzene rings is 2. The van der Waals surface area contributed by atoms with Crippen LogP contribution in [0.4, 0.5) is 77.7 Å². The van der Waals surface area contributed by atoms with Crippen LogP contribution in [-0.4, -0.2) is 86.8 Å². The molecule has 2 aliphatic rings. The van der Waals surface area contributed by atoms with E-state index in [1.165, 1.54) is 24.7 Å². The molecular formula is C45H49ClF6N10O4. The Labute approximate surface area is 383 Å². The summed E-state index contributed by atoms with van der Waals surface area (Å²) in [5, 5.41) is 8.42. The third-order valence-electron chi connectivity index (χ3n) is 9.68. The van der Waals surface area contributed by atoms with Crippen molar-refractivity contribution in [3.05, 3.63) is 126 Å². The van der Waals surface area contributed by atoms with Gasteiger partial charge < -0.3 is 50.4 Å². The van der Waals surface area contributed by atoms with Crippen LogP contribution in [0.25, 0.3) is 0 Å². The van der Waals surface area contributed by atoms with Gasteiger partial charge in [-0.25, -0.2) is 9.97 Å². The molecule has 5 N–H and O–H groups in total. The van der Waals surface area contributed by atoms with Gasteiger partial charge in [-0.15, -0.1) is 0 Å². The Kier molecular flexibility index (Phi) is 17.8. The zero-order valence-electron chi connectivity index (χ0n) is 35.1. The van der Waals surface area contributed by atoms with Gasteiger partial charge in [0.1, 0.15) is 22.5 Å². The van der Waals surface area contributed by atoms with Crippen molar-refractivity contribution < 1.29 is 45.3 Å². The van der Waals surface area contributed by atoms with Crippen LogP contribution in [0.2, 0.25) is 5.15 Å². The number of nitrogens with two attached hydrogens (primary N) is 1. The van der Waals surface area contributed by atoms with E-state index in [2.05, 4.69) is 45.7 Å². The van der Waals surface area contributed by atoms with Gasteiger partial charge in [0.05, 0.1) is 98.3 Å². The molecule has 6 heterocycles. The smallest absolute Gasteiger partial charge is 0.419 e. The van der Waals surface area contributed by atoms with Crippen LogP contribution in [0.1, 0.15) is 18.6 Å². The molecule has 0 atom stereocenters. The Morgan fingerprint density at radius 1 is 0.606 bits per heavy atom. The molecule has 0 bridgehead atoms. The van der Waals surface area contributed by atoms with Crippen LogP contribution in [0.3, 0.4) is 0 Å². The minimum absolute atomic E-state index is 0. The fourth-order valence-corrected chi connectivity index (χ4v) is 6.61. The number of anilines is 9. The highest BCUT2D eigenvalue weighted by Crippen LogP contribution is 2.39. The minimum atomic E-state index is -4.56. The third-order valence-corrected chi connectivity index (χ3v) is 9.89. The topological polar surface area (TPSA) is 157 Å². The predicted molar refractivity (Wildman–Crippen MR) is 245 cm³/mol. The van der Waals surface area contributed by atoms with Crippen molar-refractivity contribution in [3.63, 3.8) is 0 Å². The Morgan fingerprint density at radius 2 is 1.09 bits per heavy atom. The SMILES string of the molecule is C.COc1cc(N2CCOCC2)ccc1N.COc1cc(N2CCOCC2)ccc1Nc1cc(Nc2cccnc2)c(C(F)(F)F)cn1.FC(F)(F)c1cnc(Cl)cc1Nc1cccnc1. The first kappa shape index (κ1) is 50.2. The number of nitrogens with one attached hydrogen (secondary N) is 3. The summed E-state index contributed by atoms with van der Waals surface area (Å²) in [6, 6.07) is 20.4. The molecule has 66 heavy (non-hydrogen) atoms. The standard InChI is InChI=1S/C22H22F3N5O2.C11H7ClF3N3.C11H16N2O2.CH4/c1-31-20-11-16(30-7-9-32-10-8-30)4-5-18(20)29-21-12-19(17(14-27-21)22(23,24)25)28-15-3-2-6-26-13-15;12-10-4-9(8(6-17-10)11(13,14)15)18-7-2-1-3-16-5-7;1-14-11-8-9(2-3-10(11)12)13-4-6-15-7-5-13;/h2-6,11-14H,7-10H2,1H3,(H2,27,28,29);1-6H,(H,17,18);2-3,8H,4-7,12H2,1H3;1H4. The minimum Gasteiger partial charge on any atom is -0.495 e. The van der Waals surface area contributed by atoms with Gasteiger partial charge in [-0.1, -0.05) is 19.0 Å².